The van der Waals surface area contributed by atoms with Gasteiger partial charge in [-0.25, -0.2) is 9.78 Å². The van der Waals surface area contributed by atoms with Crippen molar-refractivity contribution in [3.63, 3.8) is 0 Å². The average Bonchev–Trinajstić information content (AvgIpc) is 3.37. The minimum atomic E-state index is -0.155. The third-order valence-corrected chi connectivity index (χ3v) is 6.05. The zero-order valence-electron chi connectivity index (χ0n) is 15.8. The molecule has 0 radical (unpaired) electrons. The molecule has 3 aromatic rings. The summed E-state index contributed by atoms with van der Waals surface area (Å²) in [7, 11) is 0. The number of piperazine rings is 1. The number of anilines is 1. The van der Waals surface area contributed by atoms with Crippen LogP contribution in [0.15, 0.2) is 41.0 Å². The summed E-state index contributed by atoms with van der Waals surface area (Å²) >= 11 is 1.66. The van der Waals surface area contributed by atoms with Crippen molar-refractivity contribution in [1.82, 2.24) is 14.8 Å². The van der Waals surface area contributed by atoms with Crippen LogP contribution in [-0.2, 0) is 0 Å². The molecule has 0 unspecified atom stereocenters. The number of thiazole rings is 1. The predicted molar refractivity (Wildman–Crippen MR) is 109 cm³/mol. The van der Waals surface area contributed by atoms with E-state index in [1.54, 1.807) is 33.3 Å². The Kier molecular flexibility index (Phi) is 5.04. The summed E-state index contributed by atoms with van der Waals surface area (Å²) in [6.07, 6.45) is 1.49. The number of nitrogens with zero attached hydrogens (tertiary/aromatic N) is 3. The molecule has 3 amide bonds. The molecule has 0 bridgehead atoms. The van der Waals surface area contributed by atoms with Crippen molar-refractivity contribution < 1.29 is 14.0 Å². The molecule has 8 heteroatoms. The van der Waals surface area contributed by atoms with E-state index in [0.29, 0.717) is 37.9 Å². The molecule has 1 aliphatic rings. The van der Waals surface area contributed by atoms with Gasteiger partial charge in [0.15, 0.2) is 5.76 Å². The molecule has 0 aliphatic carbocycles. The van der Waals surface area contributed by atoms with Gasteiger partial charge in [0.25, 0.3) is 5.91 Å². The summed E-state index contributed by atoms with van der Waals surface area (Å²) in [5, 5.41) is 4.05. The van der Waals surface area contributed by atoms with Gasteiger partial charge in [0, 0.05) is 37.8 Å². The van der Waals surface area contributed by atoms with Crippen molar-refractivity contribution in [3.8, 4) is 0 Å². The van der Waals surface area contributed by atoms with Crippen LogP contribution in [0.1, 0.15) is 35.3 Å². The molecule has 1 aliphatic heterocycles. The lowest BCUT2D eigenvalue weighted by Crippen LogP contribution is -2.51. The summed E-state index contributed by atoms with van der Waals surface area (Å²) < 4.78 is 6.23. The maximum absolute atomic E-state index is 12.6. The van der Waals surface area contributed by atoms with Gasteiger partial charge in [-0.15, -0.1) is 11.3 Å². The average molecular weight is 398 g/mol. The van der Waals surface area contributed by atoms with Crippen LogP contribution in [-0.4, -0.2) is 52.9 Å². The minimum Gasteiger partial charge on any atom is -0.459 e. The first kappa shape index (κ1) is 18.5. The first-order valence-corrected chi connectivity index (χ1v) is 10.1. The summed E-state index contributed by atoms with van der Waals surface area (Å²) in [4.78, 5) is 33.0. The van der Waals surface area contributed by atoms with Crippen LogP contribution >= 0.6 is 11.3 Å². The molecule has 3 heterocycles. The topological polar surface area (TPSA) is 78.7 Å². The number of nitrogens with one attached hydrogen (secondary N) is 1. The Hall–Kier alpha value is -2.87. The third-order valence-electron chi connectivity index (χ3n) is 4.74. The van der Waals surface area contributed by atoms with Gasteiger partial charge in [-0.3, -0.25) is 4.79 Å². The number of urea groups is 1. The Labute approximate surface area is 166 Å². The number of benzene rings is 1. The number of hydrogen-bond acceptors (Lipinski definition) is 5. The second-order valence-electron chi connectivity index (χ2n) is 7.08. The third kappa shape index (κ3) is 3.73. The Morgan fingerprint density at radius 3 is 2.57 bits per heavy atom. The van der Waals surface area contributed by atoms with Gasteiger partial charge in [-0.05, 0) is 30.3 Å². The second-order valence-corrected chi connectivity index (χ2v) is 8.14. The molecule has 2 aromatic heterocycles. The van der Waals surface area contributed by atoms with Crippen molar-refractivity contribution in [2.75, 3.05) is 31.5 Å². The van der Waals surface area contributed by atoms with Crippen LogP contribution in [0.3, 0.4) is 0 Å². The SMILES string of the molecule is CC(C)c1nc2ccc(NC(=O)N3CCN(C(=O)c4ccco4)CC3)cc2s1. The fourth-order valence-electron chi connectivity index (χ4n) is 3.14. The first-order chi connectivity index (χ1) is 13.5. The molecule has 1 N–H and O–H groups in total. The van der Waals surface area contributed by atoms with Crippen molar-refractivity contribution in [1.29, 1.82) is 0 Å². The zero-order valence-corrected chi connectivity index (χ0v) is 16.7. The maximum Gasteiger partial charge on any atom is 0.321 e. The highest BCUT2D eigenvalue weighted by molar-refractivity contribution is 7.18. The van der Waals surface area contributed by atoms with Crippen LogP contribution < -0.4 is 5.32 Å². The number of rotatable bonds is 3. The fourth-order valence-corrected chi connectivity index (χ4v) is 4.15. The molecule has 1 aromatic carbocycles. The minimum absolute atomic E-state index is 0.137. The number of aromatic nitrogens is 1. The van der Waals surface area contributed by atoms with Gasteiger partial charge in [0.1, 0.15) is 0 Å². The van der Waals surface area contributed by atoms with Gasteiger partial charge in [0.05, 0.1) is 21.5 Å². The molecule has 0 saturated carbocycles. The Morgan fingerprint density at radius 1 is 1.14 bits per heavy atom. The van der Waals surface area contributed by atoms with E-state index in [-0.39, 0.29) is 11.9 Å². The lowest BCUT2D eigenvalue weighted by Gasteiger charge is -2.34. The van der Waals surface area contributed by atoms with E-state index in [2.05, 4.69) is 24.1 Å². The normalized spacial score (nSPS) is 14.7. The monoisotopic (exact) mass is 398 g/mol. The largest absolute Gasteiger partial charge is 0.459 e. The highest BCUT2D eigenvalue weighted by Crippen LogP contribution is 2.29. The van der Waals surface area contributed by atoms with E-state index >= 15 is 0 Å². The van der Waals surface area contributed by atoms with Crippen LogP contribution in [0.4, 0.5) is 10.5 Å². The van der Waals surface area contributed by atoms with Crippen molar-refractivity contribution in [3.05, 3.63) is 47.4 Å². The highest BCUT2D eigenvalue weighted by Gasteiger charge is 2.26. The standard InChI is InChI=1S/C20H22N4O3S/c1-13(2)18-22-15-6-5-14(12-17(15)28-18)21-20(26)24-9-7-23(8-10-24)19(25)16-4-3-11-27-16/h3-6,11-13H,7-10H2,1-2H3,(H,21,26). The molecular weight excluding hydrogens is 376 g/mol. The Bertz CT molecular complexity index is 988. The van der Waals surface area contributed by atoms with E-state index in [0.717, 1.165) is 20.9 Å². The smallest absolute Gasteiger partial charge is 0.321 e. The molecule has 4 rings (SSSR count). The van der Waals surface area contributed by atoms with E-state index in [1.807, 2.05) is 18.2 Å². The lowest BCUT2D eigenvalue weighted by molar-refractivity contribution is 0.0640. The predicted octanol–water partition coefficient (Wildman–Crippen LogP) is 4.00. The number of carbonyl (C=O) groups excluding carboxylic acids is 2. The molecule has 146 valence electrons. The van der Waals surface area contributed by atoms with Crippen molar-refractivity contribution >= 4 is 39.2 Å². The zero-order chi connectivity index (χ0) is 19.7. The molecule has 7 nitrogen and oxygen atoms in total. The van der Waals surface area contributed by atoms with Crippen LogP contribution in [0.25, 0.3) is 10.2 Å². The van der Waals surface area contributed by atoms with E-state index in [4.69, 9.17) is 4.42 Å². The van der Waals surface area contributed by atoms with Gasteiger partial charge in [-0.2, -0.15) is 0 Å². The molecule has 1 fully saturated rings. The van der Waals surface area contributed by atoms with Gasteiger partial charge >= 0.3 is 6.03 Å². The first-order valence-electron chi connectivity index (χ1n) is 9.30. The molecule has 0 spiro atoms. The van der Waals surface area contributed by atoms with Crippen LogP contribution in [0.2, 0.25) is 0 Å². The highest BCUT2D eigenvalue weighted by atomic mass is 32.1. The summed E-state index contributed by atoms with van der Waals surface area (Å²) in [6.45, 7) is 6.18. The van der Waals surface area contributed by atoms with Crippen molar-refractivity contribution in [2.24, 2.45) is 0 Å². The number of amides is 3. The van der Waals surface area contributed by atoms with Crippen molar-refractivity contribution in [2.45, 2.75) is 19.8 Å². The van der Waals surface area contributed by atoms with Crippen LogP contribution in [0.5, 0.6) is 0 Å². The number of carbonyl (C=O) groups is 2. The lowest BCUT2D eigenvalue weighted by atomic mass is 10.2. The Morgan fingerprint density at radius 2 is 1.89 bits per heavy atom. The van der Waals surface area contributed by atoms with E-state index < -0.39 is 0 Å². The summed E-state index contributed by atoms with van der Waals surface area (Å²) in [6, 6.07) is 8.97. The van der Waals surface area contributed by atoms with E-state index in [1.165, 1.54) is 6.26 Å². The van der Waals surface area contributed by atoms with E-state index in [9.17, 15) is 9.59 Å². The maximum atomic E-state index is 12.6. The summed E-state index contributed by atoms with van der Waals surface area (Å²) in [5.74, 6) is 0.578. The number of furan rings is 1. The van der Waals surface area contributed by atoms with Gasteiger partial charge < -0.3 is 19.5 Å². The Balaban J connectivity index is 1.37. The quantitative estimate of drug-likeness (QED) is 0.723. The number of fused-ring (bicyclic) bond motifs is 1. The van der Waals surface area contributed by atoms with Gasteiger partial charge in [-0.1, -0.05) is 13.8 Å². The number of hydrogen-bond donors (Lipinski definition) is 1. The molecule has 0 atom stereocenters. The molecule has 1 saturated heterocycles. The summed E-state index contributed by atoms with van der Waals surface area (Å²) in [5.41, 5.74) is 1.71. The second kappa shape index (κ2) is 7.63. The molecular formula is C20H22N4O3S. The van der Waals surface area contributed by atoms with Gasteiger partial charge in [0.2, 0.25) is 0 Å². The fraction of sp³-hybridized carbons (Fsp3) is 0.350. The molecule has 28 heavy (non-hydrogen) atoms. The van der Waals surface area contributed by atoms with Crippen LogP contribution in [0, 0.1) is 0 Å².